The van der Waals surface area contributed by atoms with E-state index < -0.39 is 34.3 Å². The number of rotatable bonds is 11. The van der Waals surface area contributed by atoms with Gasteiger partial charge in [-0.3, -0.25) is 13.9 Å². The number of carbonyl (C=O) groups excluding carboxylic acids is 2. The zero-order valence-corrected chi connectivity index (χ0v) is 21.2. The average Bonchev–Trinajstić information content (AvgIpc) is 2.79. The molecule has 0 aliphatic heterocycles. The Labute approximate surface area is 202 Å². The summed E-state index contributed by atoms with van der Waals surface area (Å²) in [5, 5.41) is 2.77. The highest BCUT2D eigenvalue weighted by atomic mass is 32.2. The predicted octanol–water partition coefficient (Wildman–Crippen LogP) is 3.66. The van der Waals surface area contributed by atoms with Crippen molar-refractivity contribution in [2.45, 2.75) is 52.6 Å². The lowest BCUT2D eigenvalue weighted by Gasteiger charge is -2.31. The molecule has 1 N–H and O–H groups in total. The van der Waals surface area contributed by atoms with E-state index in [2.05, 4.69) is 5.32 Å². The van der Waals surface area contributed by atoms with Crippen LogP contribution in [-0.2, 0) is 26.2 Å². The molecule has 0 aliphatic rings. The van der Waals surface area contributed by atoms with Gasteiger partial charge in [0, 0.05) is 13.1 Å². The summed E-state index contributed by atoms with van der Waals surface area (Å²) in [6.07, 6.45) is 1.77. The number of halogens is 1. The van der Waals surface area contributed by atoms with E-state index >= 15 is 0 Å². The summed E-state index contributed by atoms with van der Waals surface area (Å²) in [6, 6.07) is 11.8. The molecule has 0 radical (unpaired) electrons. The first-order valence-corrected chi connectivity index (χ1v) is 13.2. The molecule has 0 saturated carbocycles. The minimum Gasteiger partial charge on any atom is -0.354 e. The molecule has 1 unspecified atom stereocenters. The maximum absolute atomic E-state index is 13.4. The van der Waals surface area contributed by atoms with E-state index in [-0.39, 0.29) is 18.4 Å². The molecule has 34 heavy (non-hydrogen) atoms. The second-order valence-corrected chi connectivity index (χ2v) is 10.5. The van der Waals surface area contributed by atoms with E-state index in [4.69, 9.17) is 0 Å². The summed E-state index contributed by atoms with van der Waals surface area (Å²) in [5.74, 6) is -1.02. The van der Waals surface area contributed by atoms with Gasteiger partial charge >= 0.3 is 0 Å². The summed E-state index contributed by atoms with van der Waals surface area (Å²) in [7, 11) is -3.78. The summed E-state index contributed by atoms with van der Waals surface area (Å²) >= 11 is 0. The fraction of sp³-hybridized carbons (Fsp3) is 0.440. The lowest BCUT2D eigenvalue weighted by atomic mass is 10.0. The quantitative estimate of drug-likeness (QED) is 0.520. The van der Waals surface area contributed by atoms with Crippen LogP contribution in [0, 0.1) is 5.82 Å². The lowest BCUT2D eigenvalue weighted by molar-refractivity contribution is -0.139. The fourth-order valence-electron chi connectivity index (χ4n) is 3.40. The van der Waals surface area contributed by atoms with Gasteiger partial charge in [-0.1, -0.05) is 45.0 Å². The monoisotopic (exact) mass is 491 g/mol. The number of sulfonamides is 1. The van der Waals surface area contributed by atoms with Crippen molar-refractivity contribution in [3.63, 3.8) is 0 Å². The number of amides is 2. The van der Waals surface area contributed by atoms with Crippen molar-refractivity contribution in [2.24, 2.45) is 0 Å². The molecular formula is C25H34FN3O4S. The Hall–Kier alpha value is -2.94. The maximum atomic E-state index is 13.4. The topological polar surface area (TPSA) is 86.8 Å². The third kappa shape index (κ3) is 7.55. The summed E-state index contributed by atoms with van der Waals surface area (Å²) in [6.45, 7) is 7.60. The van der Waals surface area contributed by atoms with E-state index in [1.165, 1.54) is 29.2 Å². The van der Waals surface area contributed by atoms with Crippen LogP contribution in [0.15, 0.2) is 48.5 Å². The van der Waals surface area contributed by atoms with Crippen LogP contribution in [0.1, 0.15) is 51.2 Å². The molecule has 2 aromatic carbocycles. The van der Waals surface area contributed by atoms with Crippen LogP contribution in [0.4, 0.5) is 10.1 Å². The van der Waals surface area contributed by atoms with Gasteiger partial charge in [-0.2, -0.15) is 0 Å². The Morgan fingerprint density at radius 3 is 2.09 bits per heavy atom. The van der Waals surface area contributed by atoms with Crippen molar-refractivity contribution in [1.82, 2.24) is 10.2 Å². The number of hydrogen-bond donors (Lipinski definition) is 1. The van der Waals surface area contributed by atoms with Gasteiger partial charge in [0.15, 0.2) is 0 Å². The first-order valence-electron chi connectivity index (χ1n) is 11.3. The Morgan fingerprint density at radius 1 is 1.00 bits per heavy atom. The molecule has 0 bridgehead atoms. The van der Waals surface area contributed by atoms with Gasteiger partial charge in [-0.05, 0) is 54.7 Å². The molecule has 2 amide bonds. The molecule has 1 atom stereocenters. The molecule has 2 aromatic rings. The van der Waals surface area contributed by atoms with Gasteiger partial charge in [0.25, 0.3) is 0 Å². The number of carbonyl (C=O) groups is 2. The number of anilines is 1. The Kier molecular flexibility index (Phi) is 9.61. The third-order valence-electron chi connectivity index (χ3n) is 5.51. The van der Waals surface area contributed by atoms with Crippen LogP contribution < -0.4 is 9.62 Å². The zero-order valence-electron chi connectivity index (χ0n) is 20.4. The van der Waals surface area contributed by atoms with Gasteiger partial charge < -0.3 is 10.2 Å². The van der Waals surface area contributed by atoms with Crippen LogP contribution in [0.2, 0.25) is 0 Å². The molecule has 0 heterocycles. The Morgan fingerprint density at radius 2 is 1.59 bits per heavy atom. The van der Waals surface area contributed by atoms with E-state index in [0.717, 1.165) is 22.5 Å². The average molecular weight is 492 g/mol. The zero-order chi connectivity index (χ0) is 25.5. The standard InChI is InChI=1S/C25H34FN3O4S/c1-6-15-27-25(31)19(4)28(16-20-7-11-22(26)12-8-20)24(30)17-29(34(5,32)33)23-13-9-21(10-14-23)18(2)3/h7-14,18-19H,6,15-17H2,1-5H3,(H,27,31). The van der Waals surface area contributed by atoms with Gasteiger partial charge in [-0.15, -0.1) is 0 Å². The highest BCUT2D eigenvalue weighted by Gasteiger charge is 2.30. The largest absolute Gasteiger partial charge is 0.354 e. The van der Waals surface area contributed by atoms with Crippen molar-refractivity contribution < 1.29 is 22.4 Å². The highest BCUT2D eigenvalue weighted by molar-refractivity contribution is 7.92. The summed E-state index contributed by atoms with van der Waals surface area (Å²) in [5.41, 5.74) is 2.03. The van der Waals surface area contributed by atoms with E-state index in [9.17, 15) is 22.4 Å². The maximum Gasteiger partial charge on any atom is 0.244 e. The second kappa shape index (κ2) is 12.0. The normalized spacial score (nSPS) is 12.3. The van der Waals surface area contributed by atoms with Gasteiger partial charge in [-0.25, -0.2) is 12.8 Å². The Bertz CT molecular complexity index is 1070. The van der Waals surface area contributed by atoms with E-state index in [1.54, 1.807) is 19.1 Å². The minimum absolute atomic E-state index is 0.0315. The van der Waals surface area contributed by atoms with Crippen LogP contribution >= 0.6 is 0 Å². The van der Waals surface area contributed by atoms with Crippen molar-refractivity contribution >= 4 is 27.5 Å². The van der Waals surface area contributed by atoms with E-state index in [0.29, 0.717) is 17.8 Å². The molecule has 2 rings (SSSR count). The van der Waals surface area contributed by atoms with Crippen molar-refractivity contribution in [3.8, 4) is 0 Å². The molecule has 9 heteroatoms. The van der Waals surface area contributed by atoms with Crippen LogP contribution in [-0.4, -0.2) is 50.5 Å². The number of hydrogen-bond acceptors (Lipinski definition) is 4. The minimum atomic E-state index is -3.78. The Balaban J connectivity index is 2.35. The summed E-state index contributed by atoms with van der Waals surface area (Å²) in [4.78, 5) is 27.4. The molecule has 0 aromatic heterocycles. The third-order valence-corrected chi connectivity index (χ3v) is 6.65. The van der Waals surface area contributed by atoms with Crippen LogP contribution in [0.25, 0.3) is 0 Å². The predicted molar refractivity (Wildman–Crippen MR) is 132 cm³/mol. The van der Waals surface area contributed by atoms with Crippen LogP contribution in [0.3, 0.4) is 0 Å². The van der Waals surface area contributed by atoms with Crippen LogP contribution in [0.5, 0.6) is 0 Å². The SMILES string of the molecule is CCCNC(=O)C(C)N(Cc1ccc(F)cc1)C(=O)CN(c1ccc(C(C)C)cc1)S(C)(=O)=O. The highest BCUT2D eigenvalue weighted by Crippen LogP contribution is 2.23. The number of benzene rings is 2. The molecule has 7 nitrogen and oxygen atoms in total. The molecule has 0 fully saturated rings. The first kappa shape index (κ1) is 27.3. The van der Waals surface area contributed by atoms with E-state index in [1.807, 2.05) is 32.9 Å². The molecule has 0 saturated heterocycles. The number of nitrogens with one attached hydrogen (secondary N) is 1. The number of nitrogens with zero attached hydrogens (tertiary/aromatic N) is 2. The van der Waals surface area contributed by atoms with Gasteiger partial charge in [0.05, 0.1) is 11.9 Å². The smallest absolute Gasteiger partial charge is 0.244 e. The molecule has 186 valence electrons. The second-order valence-electron chi connectivity index (χ2n) is 8.63. The van der Waals surface area contributed by atoms with Crippen molar-refractivity contribution in [2.75, 3.05) is 23.7 Å². The van der Waals surface area contributed by atoms with Crippen molar-refractivity contribution in [1.29, 1.82) is 0 Å². The molecule has 0 aliphatic carbocycles. The molecular weight excluding hydrogens is 457 g/mol. The van der Waals surface area contributed by atoms with Gasteiger partial charge in [0.1, 0.15) is 18.4 Å². The lowest BCUT2D eigenvalue weighted by Crippen LogP contribution is -2.51. The van der Waals surface area contributed by atoms with Gasteiger partial charge in [0.2, 0.25) is 21.8 Å². The molecule has 0 spiro atoms. The van der Waals surface area contributed by atoms with Crippen molar-refractivity contribution in [3.05, 3.63) is 65.5 Å². The fourth-order valence-corrected chi connectivity index (χ4v) is 4.25. The summed E-state index contributed by atoms with van der Waals surface area (Å²) < 4.78 is 39.6. The first-order chi connectivity index (χ1) is 15.9.